The molecular weight excluding hydrogens is 296 g/mol. The van der Waals surface area contributed by atoms with Crippen molar-refractivity contribution in [3.8, 4) is 0 Å². The van der Waals surface area contributed by atoms with Crippen molar-refractivity contribution in [3.05, 3.63) is 35.9 Å². The van der Waals surface area contributed by atoms with E-state index in [1.165, 1.54) is 4.90 Å². The molecule has 1 N–H and O–H groups in total. The molecule has 1 aromatic rings. The first-order valence-electron chi connectivity index (χ1n) is 8.01. The first kappa shape index (κ1) is 17.3. The third kappa shape index (κ3) is 4.22. The molecule has 1 unspecified atom stereocenters. The molecule has 1 fully saturated rings. The van der Waals surface area contributed by atoms with Gasteiger partial charge in [-0.3, -0.25) is 9.69 Å². The van der Waals surface area contributed by atoms with E-state index < -0.39 is 18.2 Å². The Morgan fingerprint density at radius 3 is 2.52 bits per heavy atom. The number of β-amino-alcohol motifs (C(OH)–C–C–N with tert-alkyl or cyclic N) is 1. The molecule has 126 valence electrons. The topological polar surface area (TPSA) is 70.1 Å². The Kier molecular flexibility index (Phi) is 5.98. The lowest BCUT2D eigenvalue weighted by molar-refractivity contribution is -0.135. The number of carbonyl (C=O) groups is 2. The first-order chi connectivity index (χ1) is 11.1. The fraction of sp³-hybridized carbons (Fsp3) is 0.529. The van der Waals surface area contributed by atoms with Crippen LogP contribution in [0.15, 0.2) is 30.3 Å². The summed E-state index contributed by atoms with van der Waals surface area (Å²) in [5, 5.41) is 9.86. The zero-order valence-electron chi connectivity index (χ0n) is 13.6. The van der Waals surface area contributed by atoms with Gasteiger partial charge in [0.05, 0.1) is 12.6 Å². The molecular formula is C17H24N2O4. The molecule has 0 radical (unpaired) electrons. The van der Waals surface area contributed by atoms with E-state index in [4.69, 9.17) is 4.74 Å². The number of carbonyl (C=O) groups excluding carboxylic acids is 2. The Morgan fingerprint density at radius 2 is 1.91 bits per heavy atom. The highest BCUT2D eigenvalue weighted by atomic mass is 16.6. The molecule has 0 aliphatic carbocycles. The quantitative estimate of drug-likeness (QED) is 0.895. The van der Waals surface area contributed by atoms with E-state index in [1.807, 2.05) is 44.2 Å². The molecule has 1 aliphatic heterocycles. The average molecular weight is 320 g/mol. The van der Waals surface area contributed by atoms with E-state index in [0.29, 0.717) is 13.1 Å². The molecule has 1 saturated heterocycles. The second kappa shape index (κ2) is 7.97. The van der Waals surface area contributed by atoms with Crippen molar-refractivity contribution in [2.24, 2.45) is 0 Å². The van der Waals surface area contributed by atoms with Crippen LogP contribution in [0, 0.1) is 0 Å². The van der Waals surface area contributed by atoms with Gasteiger partial charge in [0, 0.05) is 19.5 Å². The Morgan fingerprint density at radius 1 is 1.26 bits per heavy atom. The molecule has 2 amide bonds. The number of hydrogen-bond donors (Lipinski definition) is 1. The summed E-state index contributed by atoms with van der Waals surface area (Å²) in [6, 6.07) is 8.72. The van der Waals surface area contributed by atoms with Gasteiger partial charge in [-0.2, -0.15) is 0 Å². The van der Waals surface area contributed by atoms with Crippen molar-refractivity contribution in [2.75, 3.05) is 19.6 Å². The monoisotopic (exact) mass is 320 g/mol. The second-order valence-electron chi connectivity index (χ2n) is 5.61. The highest BCUT2D eigenvalue weighted by Gasteiger charge is 2.41. The van der Waals surface area contributed by atoms with Crippen molar-refractivity contribution in [3.63, 3.8) is 0 Å². The SMILES string of the molecule is CCN(CC)C(=O)[C@@H]1CC(O)CN1C(=O)OCc1ccccc1. The van der Waals surface area contributed by atoms with Gasteiger partial charge in [0.2, 0.25) is 5.91 Å². The number of hydrogen-bond acceptors (Lipinski definition) is 4. The molecule has 6 nitrogen and oxygen atoms in total. The van der Waals surface area contributed by atoms with E-state index in [1.54, 1.807) is 4.90 Å². The molecule has 2 atom stereocenters. The van der Waals surface area contributed by atoms with Crippen molar-refractivity contribution in [1.29, 1.82) is 0 Å². The lowest BCUT2D eigenvalue weighted by Gasteiger charge is -2.28. The molecule has 0 spiro atoms. The Hall–Kier alpha value is -2.08. The Balaban J connectivity index is 2.00. The lowest BCUT2D eigenvalue weighted by atomic mass is 10.1. The lowest BCUT2D eigenvalue weighted by Crippen LogP contribution is -2.47. The van der Waals surface area contributed by atoms with E-state index in [0.717, 1.165) is 5.56 Å². The predicted octanol–water partition coefficient (Wildman–Crippen LogP) is 1.63. The normalized spacial score (nSPS) is 20.4. The molecule has 0 saturated carbocycles. The third-order valence-electron chi connectivity index (χ3n) is 4.08. The van der Waals surface area contributed by atoms with Crippen LogP contribution in [0.25, 0.3) is 0 Å². The van der Waals surface area contributed by atoms with Crippen LogP contribution >= 0.6 is 0 Å². The summed E-state index contributed by atoms with van der Waals surface area (Å²) in [6.07, 6.45) is -0.991. The number of rotatable bonds is 5. The maximum atomic E-state index is 12.5. The van der Waals surface area contributed by atoms with Crippen molar-refractivity contribution in [1.82, 2.24) is 9.80 Å². The minimum atomic E-state index is -0.691. The zero-order chi connectivity index (χ0) is 16.8. The van der Waals surface area contributed by atoms with E-state index in [2.05, 4.69) is 0 Å². The van der Waals surface area contributed by atoms with Crippen LogP contribution in [0.1, 0.15) is 25.8 Å². The summed E-state index contributed by atoms with van der Waals surface area (Å²) < 4.78 is 5.29. The van der Waals surface area contributed by atoms with Crippen LogP contribution in [0.4, 0.5) is 4.79 Å². The molecule has 1 aromatic carbocycles. The maximum absolute atomic E-state index is 12.5. The number of likely N-dealkylation sites (tertiary alicyclic amines) is 1. The van der Waals surface area contributed by atoms with Crippen LogP contribution in [0.3, 0.4) is 0 Å². The third-order valence-corrected chi connectivity index (χ3v) is 4.08. The molecule has 2 rings (SSSR count). The number of benzene rings is 1. The molecule has 6 heteroatoms. The van der Waals surface area contributed by atoms with Crippen molar-refractivity contribution >= 4 is 12.0 Å². The van der Waals surface area contributed by atoms with Crippen LogP contribution in [0.5, 0.6) is 0 Å². The van der Waals surface area contributed by atoms with Gasteiger partial charge in [-0.15, -0.1) is 0 Å². The molecule has 0 bridgehead atoms. The summed E-state index contributed by atoms with van der Waals surface area (Å²) in [7, 11) is 0. The minimum absolute atomic E-state index is 0.130. The number of ether oxygens (including phenoxy) is 1. The zero-order valence-corrected chi connectivity index (χ0v) is 13.6. The van der Waals surface area contributed by atoms with Crippen LogP contribution < -0.4 is 0 Å². The van der Waals surface area contributed by atoms with Gasteiger partial charge < -0.3 is 14.7 Å². The fourth-order valence-corrected chi connectivity index (χ4v) is 2.80. The summed E-state index contributed by atoms with van der Waals surface area (Å²) in [5.41, 5.74) is 0.882. The van der Waals surface area contributed by atoms with E-state index in [-0.39, 0.29) is 25.5 Å². The summed E-state index contributed by atoms with van der Waals surface area (Å²) in [5.74, 6) is -0.136. The summed E-state index contributed by atoms with van der Waals surface area (Å²) in [6.45, 7) is 5.23. The number of aliphatic hydroxyl groups is 1. The van der Waals surface area contributed by atoms with Gasteiger partial charge in [-0.1, -0.05) is 30.3 Å². The van der Waals surface area contributed by atoms with Crippen LogP contribution in [0.2, 0.25) is 0 Å². The molecule has 0 aromatic heterocycles. The largest absolute Gasteiger partial charge is 0.445 e. The van der Waals surface area contributed by atoms with Gasteiger partial charge in [0.25, 0.3) is 0 Å². The van der Waals surface area contributed by atoms with E-state index >= 15 is 0 Å². The molecule has 1 heterocycles. The Labute approximate surface area is 136 Å². The number of nitrogens with zero attached hydrogens (tertiary/aromatic N) is 2. The average Bonchev–Trinajstić information content (AvgIpc) is 2.96. The second-order valence-corrected chi connectivity index (χ2v) is 5.61. The predicted molar refractivity (Wildman–Crippen MR) is 85.7 cm³/mol. The van der Waals surface area contributed by atoms with E-state index in [9.17, 15) is 14.7 Å². The van der Waals surface area contributed by atoms with Gasteiger partial charge in [0.1, 0.15) is 12.6 Å². The molecule has 1 aliphatic rings. The number of likely N-dealkylation sites (N-methyl/N-ethyl adjacent to an activating group) is 1. The van der Waals surface area contributed by atoms with Gasteiger partial charge in [0.15, 0.2) is 0 Å². The summed E-state index contributed by atoms with van der Waals surface area (Å²) in [4.78, 5) is 27.8. The van der Waals surface area contributed by atoms with Crippen molar-refractivity contribution in [2.45, 2.75) is 39.0 Å². The van der Waals surface area contributed by atoms with Crippen LogP contribution in [-0.2, 0) is 16.1 Å². The van der Waals surface area contributed by atoms with Crippen molar-refractivity contribution < 1.29 is 19.4 Å². The number of amides is 2. The van der Waals surface area contributed by atoms with Gasteiger partial charge in [-0.05, 0) is 19.4 Å². The highest BCUT2D eigenvalue weighted by Crippen LogP contribution is 2.21. The standard InChI is InChI=1S/C17H24N2O4/c1-3-18(4-2)16(21)15-10-14(20)11-19(15)17(22)23-12-13-8-6-5-7-9-13/h5-9,14-15,20H,3-4,10-12H2,1-2H3/t14?,15-/m0/s1. The maximum Gasteiger partial charge on any atom is 0.410 e. The number of aliphatic hydroxyl groups excluding tert-OH is 1. The Bertz CT molecular complexity index is 531. The van der Waals surface area contributed by atoms with Gasteiger partial charge in [-0.25, -0.2) is 4.79 Å². The minimum Gasteiger partial charge on any atom is -0.445 e. The molecule has 23 heavy (non-hydrogen) atoms. The highest BCUT2D eigenvalue weighted by molar-refractivity contribution is 5.86. The fourth-order valence-electron chi connectivity index (χ4n) is 2.80. The first-order valence-corrected chi connectivity index (χ1v) is 8.01. The summed E-state index contributed by atoms with van der Waals surface area (Å²) >= 11 is 0. The van der Waals surface area contributed by atoms with Crippen LogP contribution in [-0.4, -0.2) is 58.7 Å². The van der Waals surface area contributed by atoms with Gasteiger partial charge >= 0.3 is 6.09 Å². The smallest absolute Gasteiger partial charge is 0.410 e.